The first kappa shape index (κ1) is 23.6. The van der Waals surface area contributed by atoms with Gasteiger partial charge in [-0.15, -0.1) is 0 Å². The first-order chi connectivity index (χ1) is 16.4. The molecule has 1 amide bonds. The molecular formula is C24H26F2N4O4. The van der Waals surface area contributed by atoms with Gasteiger partial charge in [-0.2, -0.15) is 4.68 Å². The van der Waals surface area contributed by atoms with Gasteiger partial charge in [-0.25, -0.2) is 13.8 Å². The van der Waals surface area contributed by atoms with Gasteiger partial charge in [0.1, 0.15) is 17.4 Å². The molecule has 1 aromatic heterocycles. The summed E-state index contributed by atoms with van der Waals surface area (Å²) < 4.78 is 39.3. The number of carbonyl (C=O) groups is 1. The Kier molecular flexibility index (Phi) is 7.36. The standard InChI is InChI=1S/C24H26F2N4O4/c1-2-3-8-34-19-4-5-21-20(15-19)23(32)30(24(27-21)29-6-9-33-10-7-29)28-22(31)13-16-11-17(25)14-18(26)12-16/h4-5,11-12,14-15H,2-3,6-10,13H2,1H3,(H,28,31). The summed E-state index contributed by atoms with van der Waals surface area (Å²) in [6.07, 6.45) is 1.54. The zero-order chi connectivity index (χ0) is 24.1. The van der Waals surface area contributed by atoms with Crippen LogP contribution in [-0.4, -0.2) is 48.5 Å². The summed E-state index contributed by atoms with van der Waals surface area (Å²) >= 11 is 0. The van der Waals surface area contributed by atoms with E-state index in [1.54, 1.807) is 18.2 Å². The first-order valence-electron chi connectivity index (χ1n) is 11.2. The fraction of sp³-hybridized carbons (Fsp3) is 0.375. The van der Waals surface area contributed by atoms with Gasteiger partial charge in [0.15, 0.2) is 0 Å². The molecule has 2 aromatic carbocycles. The number of morpholine rings is 1. The van der Waals surface area contributed by atoms with Crippen molar-refractivity contribution >= 4 is 22.8 Å². The van der Waals surface area contributed by atoms with E-state index in [0.717, 1.165) is 35.7 Å². The van der Waals surface area contributed by atoms with Crippen molar-refractivity contribution in [3.05, 3.63) is 63.9 Å². The van der Waals surface area contributed by atoms with Crippen molar-refractivity contribution in [1.29, 1.82) is 0 Å². The summed E-state index contributed by atoms with van der Waals surface area (Å²) in [6.45, 7) is 4.46. The normalized spacial score (nSPS) is 13.8. The highest BCUT2D eigenvalue weighted by molar-refractivity contribution is 5.87. The molecule has 1 fully saturated rings. The molecule has 10 heteroatoms. The quantitative estimate of drug-likeness (QED) is 0.508. The van der Waals surface area contributed by atoms with E-state index in [1.807, 2.05) is 4.90 Å². The Morgan fingerprint density at radius 1 is 1.15 bits per heavy atom. The van der Waals surface area contributed by atoms with Crippen LogP contribution in [0.15, 0.2) is 41.2 Å². The number of rotatable bonds is 8. The van der Waals surface area contributed by atoms with Gasteiger partial charge in [0.2, 0.25) is 11.9 Å². The van der Waals surface area contributed by atoms with Crippen LogP contribution in [0.4, 0.5) is 14.7 Å². The lowest BCUT2D eigenvalue weighted by molar-refractivity contribution is -0.116. The fourth-order valence-corrected chi connectivity index (χ4v) is 3.72. The second-order valence-electron chi connectivity index (χ2n) is 8.02. The lowest BCUT2D eigenvalue weighted by Gasteiger charge is -2.29. The van der Waals surface area contributed by atoms with Crippen LogP contribution in [0.1, 0.15) is 25.3 Å². The molecule has 0 atom stereocenters. The van der Waals surface area contributed by atoms with Crippen LogP contribution in [0, 0.1) is 11.6 Å². The third-order valence-electron chi connectivity index (χ3n) is 5.41. The number of halogens is 2. The van der Waals surface area contributed by atoms with Crippen LogP contribution in [0.3, 0.4) is 0 Å². The molecular weight excluding hydrogens is 446 g/mol. The molecule has 8 nitrogen and oxygen atoms in total. The molecule has 180 valence electrons. The van der Waals surface area contributed by atoms with Crippen molar-refractivity contribution in [2.45, 2.75) is 26.2 Å². The molecule has 0 radical (unpaired) electrons. The smallest absolute Gasteiger partial charge is 0.281 e. The molecule has 1 aliphatic rings. The average molecular weight is 472 g/mol. The number of hydrogen-bond acceptors (Lipinski definition) is 6. The van der Waals surface area contributed by atoms with E-state index in [0.29, 0.717) is 44.2 Å². The van der Waals surface area contributed by atoms with Crippen LogP contribution in [-0.2, 0) is 16.0 Å². The Hall–Kier alpha value is -3.53. The number of nitrogens with one attached hydrogen (secondary N) is 1. The van der Waals surface area contributed by atoms with Gasteiger partial charge >= 0.3 is 0 Å². The predicted molar refractivity (Wildman–Crippen MR) is 124 cm³/mol. The highest BCUT2D eigenvalue weighted by atomic mass is 19.1. The number of unbranched alkanes of at least 4 members (excludes halogenated alkanes) is 1. The van der Waals surface area contributed by atoms with E-state index in [-0.39, 0.29) is 23.3 Å². The Morgan fingerprint density at radius 3 is 2.59 bits per heavy atom. The zero-order valence-corrected chi connectivity index (χ0v) is 18.9. The molecule has 1 aliphatic heterocycles. The lowest BCUT2D eigenvalue weighted by Crippen LogP contribution is -2.44. The molecule has 0 aliphatic carbocycles. The molecule has 1 saturated heterocycles. The maximum Gasteiger partial charge on any atom is 0.281 e. The summed E-state index contributed by atoms with van der Waals surface area (Å²) in [4.78, 5) is 32.7. The van der Waals surface area contributed by atoms with E-state index in [4.69, 9.17) is 9.47 Å². The maximum absolute atomic E-state index is 13.5. The Bertz CT molecular complexity index is 1220. The molecule has 3 aromatic rings. The number of anilines is 1. The SMILES string of the molecule is CCCCOc1ccc2nc(N3CCOCC3)n(NC(=O)Cc3cc(F)cc(F)c3)c(=O)c2c1. The van der Waals surface area contributed by atoms with Gasteiger partial charge in [-0.05, 0) is 42.3 Å². The van der Waals surface area contributed by atoms with Gasteiger partial charge in [0.25, 0.3) is 5.56 Å². The minimum absolute atomic E-state index is 0.149. The fourth-order valence-electron chi connectivity index (χ4n) is 3.72. The molecule has 1 N–H and O–H groups in total. The molecule has 0 bridgehead atoms. The minimum atomic E-state index is -0.781. The molecule has 2 heterocycles. The van der Waals surface area contributed by atoms with E-state index in [1.165, 1.54) is 0 Å². The summed E-state index contributed by atoms with van der Waals surface area (Å²) in [5, 5.41) is 0.281. The van der Waals surface area contributed by atoms with Crippen molar-refractivity contribution < 1.29 is 23.0 Å². The Labute approximate surface area is 195 Å². The van der Waals surface area contributed by atoms with Crippen LogP contribution >= 0.6 is 0 Å². The summed E-state index contributed by atoms with van der Waals surface area (Å²) in [5.41, 5.74) is 2.70. The number of carbonyl (C=O) groups excluding carboxylic acids is 1. The second-order valence-corrected chi connectivity index (χ2v) is 8.02. The summed E-state index contributed by atoms with van der Waals surface area (Å²) in [7, 11) is 0. The number of nitrogens with zero attached hydrogens (tertiary/aromatic N) is 3. The Balaban J connectivity index is 1.69. The Morgan fingerprint density at radius 2 is 1.88 bits per heavy atom. The monoisotopic (exact) mass is 472 g/mol. The van der Waals surface area contributed by atoms with Crippen molar-refractivity contribution in [2.75, 3.05) is 43.2 Å². The number of aromatic nitrogens is 2. The number of fused-ring (bicyclic) bond motifs is 1. The average Bonchev–Trinajstić information content (AvgIpc) is 2.81. The van der Waals surface area contributed by atoms with Crippen molar-refractivity contribution in [2.24, 2.45) is 0 Å². The number of ether oxygens (including phenoxy) is 2. The third-order valence-corrected chi connectivity index (χ3v) is 5.41. The molecule has 0 spiro atoms. The first-order valence-corrected chi connectivity index (χ1v) is 11.2. The van der Waals surface area contributed by atoms with Gasteiger partial charge in [0.05, 0.1) is 37.1 Å². The van der Waals surface area contributed by atoms with Gasteiger partial charge in [-0.3, -0.25) is 15.0 Å². The number of hydrogen-bond donors (Lipinski definition) is 1. The van der Waals surface area contributed by atoms with Crippen LogP contribution in [0.5, 0.6) is 5.75 Å². The minimum Gasteiger partial charge on any atom is -0.494 e. The molecule has 0 saturated carbocycles. The molecule has 4 rings (SSSR count). The van der Waals surface area contributed by atoms with Gasteiger partial charge in [0, 0.05) is 19.2 Å². The molecule has 0 unspecified atom stereocenters. The van der Waals surface area contributed by atoms with Crippen LogP contribution in [0.2, 0.25) is 0 Å². The van der Waals surface area contributed by atoms with E-state index < -0.39 is 23.1 Å². The van der Waals surface area contributed by atoms with Crippen molar-refractivity contribution in [1.82, 2.24) is 9.66 Å². The van der Waals surface area contributed by atoms with Crippen LogP contribution in [0.25, 0.3) is 10.9 Å². The van der Waals surface area contributed by atoms with E-state index in [9.17, 15) is 18.4 Å². The largest absolute Gasteiger partial charge is 0.494 e. The highest BCUT2D eigenvalue weighted by Crippen LogP contribution is 2.21. The van der Waals surface area contributed by atoms with Crippen LogP contribution < -0.4 is 20.6 Å². The van der Waals surface area contributed by atoms with Gasteiger partial charge < -0.3 is 14.4 Å². The highest BCUT2D eigenvalue weighted by Gasteiger charge is 2.21. The van der Waals surface area contributed by atoms with Crippen molar-refractivity contribution in [3.63, 3.8) is 0 Å². The molecule has 34 heavy (non-hydrogen) atoms. The number of benzene rings is 2. The van der Waals surface area contributed by atoms with E-state index >= 15 is 0 Å². The third kappa shape index (κ3) is 5.51. The lowest BCUT2D eigenvalue weighted by atomic mass is 10.1. The van der Waals surface area contributed by atoms with Crippen molar-refractivity contribution in [3.8, 4) is 5.75 Å². The topological polar surface area (TPSA) is 85.7 Å². The summed E-state index contributed by atoms with van der Waals surface area (Å²) in [6, 6.07) is 7.96. The maximum atomic E-state index is 13.5. The van der Waals surface area contributed by atoms with E-state index in [2.05, 4.69) is 17.3 Å². The second kappa shape index (κ2) is 10.6. The summed E-state index contributed by atoms with van der Waals surface area (Å²) in [5.74, 6) is -1.38. The zero-order valence-electron chi connectivity index (χ0n) is 18.9. The predicted octanol–water partition coefficient (Wildman–Crippen LogP) is 3.00. The number of amides is 1. The van der Waals surface area contributed by atoms with Gasteiger partial charge in [-0.1, -0.05) is 13.3 Å².